The van der Waals surface area contributed by atoms with Crippen LogP contribution in [-0.2, 0) is 11.3 Å². The maximum Gasteiger partial charge on any atom is 0.223 e. The van der Waals surface area contributed by atoms with Crippen LogP contribution in [-0.4, -0.2) is 30.4 Å². The zero-order valence-corrected chi connectivity index (χ0v) is 10.3. The van der Waals surface area contributed by atoms with Crippen LogP contribution in [0.25, 0.3) is 0 Å². The molecule has 1 aromatic rings. The van der Waals surface area contributed by atoms with Crippen LogP contribution in [0.2, 0.25) is 0 Å². The monoisotopic (exact) mass is 236 g/mol. The van der Waals surface area contributed by atoms with E-state index in [9.17, 15) is 4.79 Å². The fourth-order valence-corrected chi connectivity index (χ4v) is 2.29. The van der Waals surface area contributed by atoms with E-state index in [2.05, 4.69) is 10.2 Å². The van der Waals surface area contributed by atoms with Crippen LogP contribution < -0.4 is 5.32 Å². The number of nitrogens with one attached hydrogen (secondary N) is 1. The van der Waals surface area contributed by atoms with Crippen LogP contribution >= 0.6 is 0 Å². The zero-order chi connectivity index (χ0) is 12.1. The minimum atomic E-state index is 0.197. The zero-order valence-electron chi connectivity index (χ0n) is 10.3. The molecule has 1 aromatic heterocycles. The summed E-state index contributed by atoms with van der Waals surface area (Å²) < 4.78 is 5.33. The summed E-state index contributed by atoms with van der Waals surface area (Å²) in [6.45, 7) is 5.50. The molecule has 0 saturated carbocycles. The molecule has 1 amide bonds. The van der Waals surface area contributed by atoms with E-state index in [1.807, 2.05) is 19.1 Å². The number of hydrogen-bond donors (Lipinski definition) is 1. The van der Waals surface area contributed by atoms with Gasteiger partial charge in [0.25, 0.3) is 0 Å². The van der Waals surface area contributed by atoms with Crippen molar-refractivity contribution in [2.75, 3.05) is 19.6 Å². The lowest BCUT2D eigenvalue weighted by molar-refractivity contribution is -0.126. The van der Waals surface area contributed by atoms with Gasteiger partial charge in [-0.05, 0) is 45.0 Å². The number of rotatable bonds is 4. The van der Waals surface area contributed by atoms with Crippen molar-refractivity contribution in [3.8, 4) is 0 Å². The van der Waals surface area contributed by atoms with Gasteiger partial charge in [0.1, 0.15) is 5.76 Å². The number of carbonyl (C=O) groups excluding carboxylic acids is 1. The van der Waals surface area contributed by atoms with Gasteiger partial charge in [-0.3, -0.25) is 9.69 Å². The number of likely N-dealkylation sites (tertiary alicyclic amines) is 1. The van der Waals surface area contributed by atoms with Gasteiger partial charge in [0.15, 0.2) is 0 Å². The number of furan rings is 1. The molecular formula is C13H20N2O2. The standard InChI is InChI=1S/C13H20N2O2/c1-2-14-13(16)11-5-7-15(8-6-11)10-12-4-3-9-17-12/h3-4,9,11H,2,5-8,10H2,1H3,(H,14,16). The van der Waals surface area contributed by atoms with E-state index in [1.165, 1.54) is 0 Å². The highest BCUT2D eigenvalue weighted by atomic mass is 16.3. The minimum Gasteiger partial charge on any atom is -0.468 e. The molecule has 94 valence electrons. The maximum absolute atomic E-state index is 11.7. The summed E-state index contributed by atoms with van der Waals surface area (Å²) in [7, 11) is 0. The Balaban J connectivity index is 1.76. The third kappa shape index (κ3) is 3.33. The van der Waals surface area contributed by atoms with E-state index in [4.69, 9.17) is 4.42 Å². The summed E-state index contributed by atoms with van der Waals surface area (Å²) >= 11 is 0. The first-order valence-corrected chi connectivity index (χ1v) is 6.32. The van der Waals surface area contributed by atoms with E-state index >= 15 is 0 Å². The third-order valence-electron chi connectivity index (χ3n) is 3.27. The molecule has 1 saturated heterocycles. The average molecular weight is 236 g/mol. The first kappa shape index (κ1) is 12.2. The first-order valence-electron chi connectivity index (χ1n) is 6.32. The van der Waals surface area contributed by atoms with Crippen LogP contribution in [0.4, 0.5) is 0 Å². The molecule has 2 heterocycles. The molecule has 0 aliphatic carbocycles. The molecule has 0 aromatic carbocycles. The number of amides is 1. The van der Waals surface area contributed by atoms with Crippen LogP contribution in [0.15, 0.2) is 22.8 Å². The predicted octanol–water partition coefficient (Wildman–Crippen LogP) is 1.63. The number of carbonyl (C=O) groups is 1. The van der Waals surface area contributed by atoms with Crippen LogP contribution in [0, 0.1) is 5.92 Å². The van der Waals surface area contributed by atoms with Gasteiger partial charge in [-0.25, -0.2) is 0 Å². The molecule has 4 nitrogen and oxygen atoms in total. The van der Waals surface area contributed by atoms with Crippen LogP contribution in [0.1, 0.15) is 25.5 Å². The number of nitrogens with zero attached hydrogens (tertiary/aromatic N) is 1. The average Bonchev–Trinajstić information content (AvgIpc) is 2.83. The number of piperidine rings is 1. The number of hydrogen-bond acceptors (Lipinski definition) is 3. The molecule has 1 aliphatic rings. The minimum absolute atomic E-state index is 0.197. The van der Waals surface area contributed by atoms with Gasteiger partial charge in [0, 0.05) is 12.5 Å². The Bertz CT molecular complexity index is 340. The molecule has 1 aliphatic heterocycles. The Kier molecular flexibility index (Phi) is 4.20. The molecular weight excluding hydrogens is 216 g/mol. The lowest BCUT2D eigenvalue weighted by Gasteiger charge is -2.30. The Hall–Kier alpha value is -1.29. The fraction of sp³-hybridized carbons (Fsp3) is 0.615. The third-order valence-corrected chi connectivity index (χ3v) is 3.27. The molecule has 17 heavy (non-hydrogen) atoms. The summed E-state index contributed by atoms with van der Waals surface area (Å²) in [4.78, 5) is 14.0. The normalized spacial score (nSPS) is 18.2. The Labute approximate surface area is 102 Å². The predicted molar refractivity (Wildman–Crippen MR) is 65.4 cm³/mol. The van der Waals surface area contributed by atoms with Crippen LogP contribution in [0.3, 0.4) is 0 Å². The highest BCUT2D eigenvalue weighted by molar-refractivity contribution is 5.78. The van der Waals surface area contributed by atoms with Crippen molar-refractivity contribution in [1.82, 2.24) is 10.2 Å². The topological polar surface area (TPSA) is 45.5 Å². The van der Waals surface area contributed by atoms with Gasteiger partial charge in [-0.2, -0.15) is 0 Å². The molecule has 0 unspecified atom stereocenters. The van der Waals surface area contributed by atoms with Crippen molar-refractivity contribution in [2.24, 2.45) is 5.92 Å². The van der Waals surface area contributed by atoms with E-state index in [-0.39, 0.29) is 11.8 Å². The van der Waals surface area contributed by atoms with Gasteiger partial charge >= 0.3 is 0 Å². The Morgan fingerprint density at radius 3 is 2.88 bits per heavy atom. The fourth-order valence-electron chi connectivity index (χ4n) is 2.29. The molecule has 1 fully saturated rings. The highest BCUT2D eigenvalue weighted by Gasteiger charge is 2.24. The second kappa shape index (κ2) is 5.87. The molecule has 2 rings (SSSR count). The SMILES string of the molecule is CCNC(=O)C1CCN(Cc2ccco2)CC1. The van der Waals surface area contributed by atoms with E-state index in [0.717, 1.165) is 44.8 Å². The van der Waals surface area contributed by atoms with E-state index < -0.39 is 0 Å². The van der Waals surface area contributed by atoms with Crippen molar-refractivity contribution < 1.29 is 9.21 Å². The lowest BCUT2D eigenvalue weighted by atomic mass is 9.96. The van der Waals surface area contributed by atoms with E-state index in [1.54, 1.807) is 6.26 Å². The second-order valence-electron chi connectivity index (χ2n) is 4.52. The second-order valence-corrected chi connectivity index (χ2v) is 4.52. The smallest absolute Gasteiger partial charge is 0.223 e. The quantitative estimate of drug-likeness (QED) is 0.864. The Morgan fingerprint density at radius 2 is 2.29 bits per heavy atom. The van der Waals surface area contributed by atoms with Gasteiger partial charge in [-0.15, -0.1) is 0 Å². The summed E-state index contributed by atoms with van der Waals surface area (Å²) in [5.41, 5.74) is 0. The van der Waals surface area contributed by atoms with Crippen molar-refractivity contribution in [3.05, 3.63) is 24.2 Å². The highest BCUT2D eigenvalue weighted by Crippen LogP contribution is 2.19. The van der Waals surface area contributed by atoms with Gasteiger partial charge in [0.2, 0.25) is 5.91 Å². The van der Waals surface area contributed by atoms with Crippen LogP contribution in [0.5, 0.6) is 0 Å². The molecule has 0 radical (unpaired) electrons. The summed E-state index contributed by atoms with van der Waals surface area (Å²) in [6, 6.07) is 3.91. The summed E-state index contributed by atoms with van der Waals surface area (Å²) in [5.74, 6) is 1.41. The molecule has 0 atom stereocenters. The molecule has 0 bridgehead atoms. The summed E-state index contributed by atoms with van der Waals surface area (Å²) in [5, 5.41) is 2.90. The molecule has 1 N–H and O–H groups in total. The first-order chi connectivity index (χ1) is 8.29. The molecule has 0 spiro atoms. The van der Waals surface area contributed by atoms with Crippen molar-refractivity contribution in [2.45, 2.75) is 26.3 Å². The van der Waals surface area contributed by atoms with Crippen molar-refractivity contribution in [3.63, 3.8) is 0 Å². The maximum atomic E-state index is 11.7. The lowest BCUT2D eigenvalue weighted by Crippen LogP contribution is -2.40. The van der Waals surface area contributed by atoms with Gasteiger partial charge < -0.3 is 9.73 Å². The van der Waals surface area contributed by atoms with E-state index in [0.29, 0.717) is 0 Å². The van der Waals surface area contributed by atoms with Crippen molar-refractivity contribution in [1.29, 1.82) is 0 Å². The largest absolute Gasteiger partial charge is 0.468 e. The van der Waals surface area contributed by atoms with Gasteiger partial charge in [0.05, 0.1) is 12.8 Å². The molecule has 4 heteroatoms. The van der Waals surface area contributed by atoms with Gasteiger partial charge in [-0.1, -0.05) is 0 Å². The summed E-state index contributed by atoms with van der Waals surface area (Å²) in [6.07, 6.45) is 3.61. The Morgan fingerprint density at radius 1 is 1.53 bits per heavy atom. The van der Waals surface area contributed by atoms with Crippen molar-refractivity contribution >= 4 is 5.91 Å².